The fourth-order valence-electron chi connectivity index (χ4n) is 1.96. The first-order valence-electron chi connectivity index (χ1n) is 6.59. The zero-order chi connectivity index (χ0) is 14.4. The van der Waals surface area contributed by atoms with Crippen LogP contribution in [-0.2, 0) is 11.2 Å². The van der Waals surface area contributed by atoms with Crippen LogP contribution in [0, 0.1) is 0 Å². The molecule has 0 saturated heterocycles. The second-order valence-electron chi connectivity index (χ2n) is 4.70. The lowest BCUT2D eigenvalue weighted by molar-refractivity contribution is -0.121. The Labute approximate surface area is 124 Å². The van der Waals surface area contributed by atoms with E-state index in [1.807, 2.05) is 43.3 Å². The second kappa shape index (κ2) is 7.06. The number of nitrogens with one attached hydrogen (secondary N) is 1. The van der Waals surface area contributed by atoms with Gasteiger partial charge in [0.25, 0.3) is 0 Å². The summed E-state index contributed by atoms with van der Waals surface area (Å²) in [5.74, 6) is 0.0456. The van der Waals surface area contributed by atoms with E-state index in [2.05, 4.69) is 10.3 Å². The summed E-state index contributed by atoms with van der Waals surface area (Å²) in [7, 11) is 0. The first-order valence-corrected chi connectivity index (χ1v) is 6.96. The number of amides is 1. The highest BCUT2D eigenvalue weighted by molar-refractivity contribution is 6.30. The van der Waals surface area contributed by atoms with Crippen molar-refractivity contribution in [2.75, 3.05) is 0 Å². The molecule has 20 heavy (non-hydrogen) atoms. The molecule has 2 aromatic rings. The average molecular weight is 289 g/mol. The van der Waals surface area contributed by atoms with Gasteiger partial charge in [-0.2, -0.15) is 0 Å². The maximum Gasteiger partial charge on any atom is 0.220 e. The molecule has 0 fully saturated rings. The van der Waals surface area contributed by atoms with Gasteiger partial charge in [-0.05, 0) is 48.7 Å². The Morgan fingerprint density at radius 3 is 2.50 bits per heavy atom. The molecule has 1 heterocycles. The molecule has 104 valence electrons. The van der Waals surface area contributed by atoms with Crippen LogP contribution in [0.15, 0.2) is 48.8 Å². The SMILES string of the molecule is C[C@H](NC(=O)CCc1ccc(Cl)cc1)c1ccncc1. The molecule has 1 N–H and O–H groups in total. The summed E-state index contributed by atoms with van der Waals surface area (Å²) >= 11 is 5.83. The lowest BCUT2D eigenvalue weighted by atomic mass is 10.1. The van der Waals surface area contributed by atoms with Crippen LogP contribution >= 0.6 is 11.6 Å². The highest BCUT2D eigenvalue weighted by atomic mass is 35.5. The van der Waals surface area contributed by atoms with Crippen molar-refractivity contribution in [3.63, 3.8) is 0 Å². The largest absolute Gasteiger partial charge is 0.350 e. The second-order valence-corrected chi connectivity index (χ2v) is 5.13. The maximum atomic E-state index is 11.9. The van der Waals surface area contributed by atoms with E-state index in [9.17, 15) is 4.79 Å². The summed E-state index contributed by atoms with van der Waals surface area (Å²) in [5.41, 5.74) is 2.17. The molecule has 0 aliphatic carbocycles. The lowest BCUT2D eigenvalue weighted by Crippen LogP contribution is -2.26. The van der Waals surface area contributed by atoms with Crippen LogP contribution < -0.4 is 5.32 Å². The molecule has 1 amide bonds. The predicted molar refractivity (Wildman–Crippen MR) is 80.6 cm³/mol. The number of rotatable bonds is 5. The van der Waals surface area contributed by atoms with Gasteiger partial charge in [-0.3, -0.25) is 9.78 Å². The van der Waals surface area contributed by atoms with E-state index in [0.29, 0.717) is 17.9 Å². The number of hydrogen-bond donors (Lipinski definition) is 1. The van der Waals surface area contributed by atoms with Crippen LogP contribution in [0.3, 0.4) is 0 Å². The van der Waals surface area contributed by atoms with Gasteiger partial charge in [-0.15, -0.1) is 0 Å². The van der Waals surface area contributed by atoms with Crippen molar-refractivity contribution < 1.29 is 4.79 Å². The molecule has 2 rings (SSSR count). The van der Waals surface area contributed by atoms with Crippen LogP contribution in [0.1, 0.15) is 30.5 Å². The molecule has 0 spiro atoms. The van der Waals surface area contributed by atoms with Crippen molar-refractivity contribution in [3.05, 3.63) is 64.9 Å². The van der Waals surface area contributed by atoms with Crippen molar-refractivity contribution in [1.29, 1.82) is 0 Å². The molecule has 0 bridgehead atoms. The van der Waals surface area contributed by atoms with Gasteiger partial charge in [0.05, 0.1) is 6.04 Å². The summed E-state index contributed by atoms with van der Waals surface area (Å²) < 4.78 is 0. The normalized spacial score (nSPS) is 11.9. The minimum Gasteiger partial charge on any atom is -0.350 e. The van der Waals surface area contributed by atoms with Crippen molar-refractivity contribution in [2.24, 2.45) is 0 Å². The Morgan fingerprint density at radius 1 is 1.20 bits per heavy atom. The predicted octanol–water partition coefficient (Wildman–Crippen LogP) is 3.55. The van der Waals surface area contributed by atoms with Crippen LogP contribution in [0.5, 0.6) is 0 Å². The molecule has 1 atom stereocenters. The van der Waals surface area contributed by atoms with Crippen LogP contribution in [0.2, 0.25) is 5.02 Å². The number of aryl methyl sites for hydroxylation is 1. The maximum absolute atomic E-state index is 11.9. The summed E-state index contributed by atoms with van der Waals surface area (Å²) in [6.07, 6.45) is 4.64. The molecule has 4 heteroatoms. The third-order valence-electron chi connectivity index (χ3n) is 3.14. The minimum absolute atomic E-state index is 0.00396. The van der Waals surface area contributed by atoms with Crippen LogP contribution in [-0.4, -0.2) is 10.9 Å². The highest BCUT2D eigenvalue weighted by Crippen LogP contribution is 2.13. The number of hydrogen-bond acceptors (Lipinski definition) is 2. The van der Waals surface area contributed by atoms with Gasteiger partial charge in [0.1, 0.15) is 0 Å². The van der Waals surface area contributed by atoms with Crippen molar-refractivity contribution in [2.45, 2.75) is 25.8 Å². The van der Waals surface area contributed by atoms with Crippen LogP contribution in [0.4, 0.5) is 0 Å². The fraction of sp³-hybridized carbons (Fsp3) is 0.250. The lowest BCUT2D eigenvalue weighted by Gasteiger charge is -2.14. The van der Waals surface area contributed by atoms with Crippen LogP contribution in [0.25, 0.3) is 0 Å². The zero-order valence-corrected chi connectivity index (χ0v) is 12.1. The molecule has 0 aliphatic heterocycles. The average Bonchev–Trinajstić information content (AvgIpc) is 2.47. The van der Waals surface area contributed by atoms with Gasteiger partial charge < -0.3 is 5.32 Å². The Bertz CT molecular complexity index is 554. The number of aromatic nitrogens is 1. The van der Waals surface area contributed by atoms with Crippen molar-refractivity contribution in [3.8, 4) is 0 Å². The Kier molecular flexibility index (Phi) is 5.13. The number of pyridine rings is 1. The van der Waals surface area contributed by atoms with E-state index in [1.165, 1.54) is 0 Å². The molecule has 0 saturated carbocycles. The van der Waals surface area contributed by atoms with Gasteiger partial charge >= 0.3 is 0 Å². The molecular weight excluding hydrogens is 272 g/mol. The summed E-state index contributed by atoms with van der Waals surface area (Å²) in [5, 5.41) is 3.70. The van der Waals surface area contributed by atoms with Crippen molar-refractivity contribution >= 4 is 17.5 Å². The van der Waals surface area contributed by atoms with E-state index in [0.717, 1.165) is 11.1 Å². The van der Waals surface area contributed by atoms with E-state index in [-0.39, 0.29) is 11.9 Å². The summed E-state index contributed by atoms with van der Waals surface area (Å²) in [6.45, 7) is 1.97. The van der Waals surface area contributed by atoms with Gasteiger partial charge in [0.15, 0.2) is 0 Å². The zero-order valence-electron chi connectivity index (χ0n) is 11.3. The highest BCUT2D eigenvalue weighted by Gasteiger charge is 2.09. The Hall–Kier alpha value is -1.87. The Morgan fingerprint density at radius 2 is 1.85 bits per heavy atom. The number of benzene rings is 1. The van der Waals surface area contributed by atoms with E-state index in [1.54, 1.807) is 12.4 Å². The van der Waals surface area contributed by atoms with Gasteiger partial charge in [-0.1, -0.05) is 23.7 Å². The topological polar surface area (TPSA) is 42.0 Å². The molecule has 0 radical (unpaired) electrons. The molecule has 1 aromatic carbocycles. The quantitative estimate of drug-likeness (QED) is 0.914. The molecule has 1 aromatic heterocycles. The smallest absolute Gasteiger partial charge is 0.220 e. The van der Waals surface area contributed by atoms with Crippen molar-refractivity contribution in [1.82, 2.24) is 10.3 Å². The van der Waals surface area contributed by atoms with E-state index < -0.39 is 0 Å². The molecule has 3 nitrogen and oxygen atoms in total. The standard InChI is InChI=1S/C16H17ClN2O/c1-12(14-8-10-18-11-9-14)19-16(20)7-4-13-2-5-15(17)6-3-13/h2-3,5-6,8-12H,4,7H2,1H3,(H,19,20)/t12-/m0/s1. The number of halogens is 1. The molecule has 0 unspecified atom stereocenters. The third kappa shape index (κ3) is 4.35. The molecule has 0 aliphatic rings. The first kappa shape index (κ1) is 14.5. The van der Waals surface area contributed by atoms with Gasteiger partial charge in [0, 0.05) is 23.8 Å². The number of carbonyl (C=O) groups is 1. The Balaban J connectivity index is 1.82. The summed E-state index contributed by atoms with van der Waals surface area (Å²) in [4.78, 5) is 15.9. The van der Waals surface area contributed by atoms with Gasteiger partial charge in [-0.25, -0.2) is 0 Å². The van der Waals surface area contributed by atoms with Gasteiger partial charge in [0.2, 0.25) is 5.91 Å². The van der Waals surface area contributed by atoms with E-state index in [4.69, 9.17) is 11.6 Å². The monoisotopic (exact) mass is 288 g/mol. The third-order valence-corrected chi connectivity index (χ3v) is 3.39. The number of nitrogens with zero attached hydrogens (tertiary/aromatic N) is 1. The molecular formula is C16H17ClN2O. The number of carbonyl (C=O) groups excluding carboxylic acids is 1. The minimum atomic E-state index is -0.00396. The van der Waals surface area contributed by atoms with E-state index >= 15 is 0 Å². The first-order chi connectivity index (χ1) is 9.65. The summed E-state index contributed by atoms with van der Waals surface area (Å²) in [6, 6.07) is 11.4. The fourth-order valence-corrected chi connectivity index (χ4v) is 2.08.